The summed E-state index contributed by atoms with van der Waals surface area (Å²) in [5.74, 6) is 0.604. The number of rotatable bonds is 4. The number of hydrogen-bond acceptors (Lipinski definition) is 2. The van der Waals surface area contributed by atoms with E-state index in [9.17, 15) is 4.79 Å². The largest absolute Gasteiger partial charge is 0.349 e. The highest BCUT2D eigenvalue weighted by atomic mass is 16.1. The van der Waals surface area contributed by atoms with Gasteiger partial charge in [-0.2, -0.15) is 0 Å². The first-order valence-electron chi connectivity index (χ1n) is 5.70. The highest BCUT2D eigenvalue weighted by Gasteiger charge is 2.04. The molecule has 0 fully saturated rings. The number of para-hydroxylation sites is 2. The van der Waals surface area contributed by atoms with Crippen LogP contribution in [0.4, 0.5) is 0 Å². The van der Waals surface area contributed by atoms with Crippen LogP contribution in [0.15, 0.2) is 43.0 Å². The monoisotopic (exact) mass is 241 g/mol. The Labute approximate surface area is 106 Å². The van der Waals surface area contributed by atoms with Gasteiger partial charge >= 0.3 is 0 Å². The van der Waals surface area contributed by atoms with Crippen LogP contribution in [-0.2, 0) is 11.8 Å². The van der Waals surface area contributed by atoms with Gasteiger partial charge in [0.25, 0.3) is 0 Å². The molecule has 4 nitrogen and oxygen atoms in total. The molecule has 92 valence electrons. The summed E-state index contributed by atoms with van der Waals surface area (Å²) < 4.78 is 1.95. The van der Waals surface area contributed by atoms with E-state index in [2.05, 4.69) is 16.9 Å². The maximum absolute atomic E-state index is 11.4. The second-order valence-electron chi connectivity index (χ2n) is 3.88. The van der Waals surface area contributed by atoms with Crippen LogP contribution in [0.3, 0.4) is 0 Å². The van der Waals surface area contributed by atoms with Gasteiger partial charge in [-0.15, -0.1) is 6.58 Å². The third-order valence-corrected chi connectivity index (χ3v) is 2.63. The molecule has 0 aliphatic carbocycles. The summed E-state index contributed by atoms with van der Waals surface area (Å²) in [7, 11) is 1.93. The number of hydrogen-bond donors (Lipinski definition) is 1. The number of benzene rings is 1. The fraction of sp³-hybridized carbons (Fsp3) is 0.143. The molecule has 1 amide bonds. The maximum atomic E-state index is 11.4. The highest BCUT2D eigenvalue weighted by Crippen LogP contribution is 2.14. The van der Waals surface area contributed by atoms with Crippen molar-refractivity contribution < 1.29 is 4.79 Å². The average molecular weight is 241 g/mol. The van der Waals surface area contributed by atoms with Crippen molar-refractivity contribution in [2.45, 2.75) is 0 Å². The van der Waals surface area contributed by atoms with E-state index in [0.717, 1.165) is 16.9 Å². The van der Waals surface area contributed by atoms with Crippen molar-refractivity contribution in [2.24, 2.45) is 7.05 Å². The van der Waals surface area contributed by atoms with E-state index >= 15 is 0 Å². The van der Waals surface area contributed by atoms with Crippen molar-refractivity contribution in [3.63, 3.8) is 0 Å². The fourth-order valence-corrected chi connectivity index (χ4v) is 1.70. The minimum Gasteiger partial charge on any atom is -0.349 e. The summed E-state index contributed by atoms with van der Waals surface area (Å²) in [6.07, 6.45) is 4.82. The summed E-state index contributed by atoms with van der Waals surface area (Å²) in [6.45, 7) is 4.00. The molecule has 0 saturated heterocycles. The van der Waals surface area contributed by atoms with Crippen LogP contribution < -0.4 is 5.32 Å². The van der Waals surface area contributed by atoms with Crippen LogP contribution in [0, 0.1) is 0 Å². The van der Waals surface area contributed by atoms with Crippen LogP contribution in [0.5, 0.6) is 0 Å². The zero-order chi connectivity index (χ0) is 13.0. The minimum absolute atomic E-state index is 0.151. The zero-order valence-corrected chi connectivity index (χ0v) is 10.3. The molecule has 0 aliphatic rings. The summed E-state index contributed by atoms with van der Waals surface area (Å²) >= 11 is 0. The molecule has 0 unspecified atom stereocenters. The van der Waals surface area contributed by atoms with Gasteiger partial charge in [-0.3, -0.25) is 4.79 Å². The highest BCUT2D eigenvalue weighted by molar-refractivity contribution is 5.92. The van der Waals surface area contributed by atoms with Crippen molar-refractivity contribution in [3.05, 3.63) is 48.8 Å². The lowest BCUT2D eigenvalue weighted by Gasteiger charge is -1.97. The summed E-state index contributed by atoms with van der Waals surface area (Å²) in [4.78, 5) is 15.9. The number of carbonyl (C=O) groups is 1. The van der Waals surface area contributed by atoms with E-state index in [4.69, 9.17) is 0 Å². The van der Waals surface area contributed by atoms with Crippen LogP contribution in [0.25, 0.3) is 17.1 Å². The number of imidazole rings is 1. The van der Waals surface area contributed by atoms with Gasteiger partial charge in [0.05, 0.1) is 11.0 Å². The second-order valence-corrected chi connectivity index (χ2v) is 3.88. The minimum atomic E-state index is -0.151. The summed E-state index contributed by atoms with van der Waals surface area (Å²) in [5.41, 5.74) is 1.97. The molecule has 1 aromatic carbocycles. The van der Waals surface area contributed by atoms with Gasteiger partial charge in [-0.05, 0) is 18.2 Å². The predicted molar refractivity (Wildman–Crippen MR) is 73.0 cm³/mol. The first-order valence-corrected chi connectivity index (χ1v) is 5.70. The summed E-state index contributed by atoms with van der Waals surface area (Å²) in [6, 6.07) is 7.86. The molecule has 0 aliphatic heterocycles. The Morgan fingerprint density at radius 1 is 1.50 bits per heavy atom. The van der Waals surface area contributed by atoms with E-state index in [-0.39, 0.29) is 5.91 Å². The molecular weight excluding hydrogens is 226 g/mol. The third kappa shape index (κ3) is 2.48. The molecule has 1 aromatic heterocycles. The Morgan fingerprint density at radius 3 is 3.00 bits per heavy atom. The molecule has 18 heavy (non-hydrogen) atoms. The van der Waals surface area contributed by atoms with Crippen molar-refractivity contribution in [3.8, 4) is 0 Å². The Hall–Kier alpha value is -2.36. The topological polar surface area (TPSA) is 46.9 Å². The molecule has 2 aromatic rings. The zero-order valence-electron chi connectivity index (χ0n) is 10.3. The lowest BCUT2D eigenvalue weighted by atomic mass is 10.3. The van der Waals surface area contributed by atoms with E-state index < -0.39 is 0 Å². The van der Waals surface area contributed by atoms with Crippen molar-refractivity contribution in [2.75, 3.05) is 6.54 Å². The van der Waals surface area contributed by atoms with Gasteiger partial charge in [0.2, 0.25) is 5.91 Å². The van der Waals surface area contributed by atoms with Gasteiger partial charge in [0.15, 0.2) is 0 Å². The molecule has 0 spiro atoms. The fourth-order valence-electron chi connectivity index (χ4n) is 1.70. The quantitative estimate of drug-likeness (QED) is 0.656. The predicted octanol–water partition coefficient (Wildman–Crippen LogP) is 1.89. The number of aromatic nitrogens is 2. The normalized spacial score (nSPS) is 10.9. The van der Waals surface area contributed by atoms with E-state index in [1.807, 2.05) is 35.9 Å². The molecule has 1 N–H and O–H groups in total. The molecule has 0 saturated carbocycles. The van der Waals surface area contributed by atoms with E-state index in [0.29, 0.717) is 6.54 Å². The molecule has 4 heteroatoms. The van der Waals surface area contributed by atoms with E-state index in [1.165, 1.54) is 6.08 Å². The molecule has 0 radical (unpaired) electrons. The van der Waals surface area contributed by atoms with Crippen LogP contribution >= 0.6 is 0 Å². The molecule has 2 rings (SSSR count). The number of aryl methyl sites for hydroxylation is 1. The molecule has 0 atom stereocenters. The van der Waals surface area contributed by atoms with Gasteiger partial charge < -0.3 is 9.88 Å². The number of amides is 1. The van der Waals surface area contributed by atoms with Gasteiger partial charge in [-0.25, -0.2) is 4.98 Å². The van der Waals surface area contributed by atoms with Gasteiger partial charge in [-0.1, -0.05) is 18.2 Å². The van der Waals surface area contributed by atoms with Crippen LogP contribution in [-0.4, -0.2) is 22.0 Å². The number of fused-ring (bicyclic) bond motifs is 1. The Morgan fingerprint density at radius 2 is 2.28 bits per heavy atom. The van der Waals surface area contributed by atoms with E-state index in [1.54, 1.807) is 12.2 Å². The molecule has 1 heterocycles. The van der Waals surface area contributed by atoms with Crippen molar-refractivity contribution >= 4 is 23.0 Å². The Balaban J connectivity index is 2.21. The van der Waals surface area contributed by atoms with Crippen LogP contribution in [0.1, 0.15) is 5.82 Å². The Bertz CT molecular complexity index is 611. The first kappa shape index (κ1) is 12.1. The maximum Gasteiger partial charge on any atom is 0.244 e. The third-order valence-electron chi connectivity index (χ3n) is 2.63. The van der Waals surface area contributed by atoms with Crippen molar-refractivity contribution in [1.29, 1.82) is 0 Å². The lowest BCUT2D eigenvalue weighted by Crippen LogP contribution is -2.20. The molecular formula is C14H15N3O. The van der Waals surface area contributed by atoms with Gasteiger partial charge in [0.1, 0.15) is 5.82 Å². The van der Waals surface area contributed by atoms with Crippen LogP contribution in [0.2, 0.25) is 0 Å². The lowest BCUT2D eigenvalue weighted by molar-refractivity contribution is -0.116. The SMILES string of the molecule is C=CCNC(=O)C=Cc1nc2ccccc2n1C. The molecule has 0 bridgehead atoms. The Kier molecular flexibility index (Phi) is 3.57. The first-order chi connectivity index (χ1) is 8.72. The standard InChI is InChI=1S/C14H15N3O/c1-3-10-15-14(18)9-8-13-16-11-6-4-5-7-12(11)17(13)2/h3-9H,1,10H2,2H3,(H,15,18). The average Bonchev–Trinajstić information content (AvgIpc) is 2.71. The van der Waals surface area contributed by atoms with Crippen molar-refractivity contribution in [1.82, 2.24) is 14.9 Å². The second kappa shape index (κ2) is 5.31. The number of carbonyl (C=O) groups excluding carboxylic acids is 1. The number of nitrogens with zero attached hydrogens (tertiary/aromatic N) is 2. The summed E-state index contributed by atoms with van der Waals surface area (Å²) in [5, 5.41) is 2.67. The number of nitrogens with one attached hydrogen (secondary N) is 1. The van der Waals surface area contributed by atoms with Gasteiger partial charge in [0, 0.05) is 19.7 Å². The smallest absolute Gasteiger partial charge is 0.244 e.